The van der Waals surface area contributed by atoms with Crippen LogP contribution in [-0.2, 0) is 9.30 Å². The first-order valence-electron chi connectivity index (χ1n) is 2.14. The van der Waals surface area contributed by atoms with Gasteiger partial charge in [-0.05, 0) is 4.57 Å². The molecule has 0 bridgehead atoms. The first-order valence-corrected chi connectivity index (χ1v) is 3.35. The lowest BCUT2D eigenvalue weighted by Crippen LogP contribution is -1.90. The highest BCUT2D eigenvalue weighted by Crippen LogP contribution is 2.19. The molecule has 0 saturated carbocycles. The summed E-state index contributed by atoms with van der Waals surface area (Å²) in [4.78, 5) is 11.9. The molecule has 0 radical (unpaired) electrons. The number of rotatable bonds is 1. The highest BCUT2D eigenvalue weighted by molar-refractivity contribution is 7.58. The largest absolute Gasteiger partial charge is 0.608 e. The van der Waals surface area contributed by atoms with E-state index < -0.39 is 8.03 Å². The minimum Gasteiger partial charge on any atom is -0.440 e. The van der Waals surface area contributed by atoms with Gasteiger partial charge in [-0.25, -0.2) is 4.99 Å². The molecule has 0 amide bonds. The zero-order valence-corrected chi connectivity index (χ0v) is 4.97. The van der Waals surface area contributed by atoms with Crippen molar-refractivity contribution < 1.29 is 14.2 Å². The maximum absolute atomic E-state index is 10.1. The second kappa shape index (κ2) is 2.20. The number of aliphatic imine (C=N–C) groups is 1. The van der Waals surface area contributed by atoms with Crippen LogP contribution in [0.3, 0.4) is 0 Å². The van der Waals surface area contributed by atoms with Gasteiger partial charge in [0.1, 0.15) is 6.61 Å². The van der Waals surface area contributed by atoms with Crippen molar-refractivity contribution in [2.45, 2.75) is 0 Å². The van der Waals surface area contributed by atoms with Crippen molar-refractivity contribution in [1.29, 1.82) is 0 Å². The maximum Gasteiger partial charge on any atom is 0.608 e. The van der Waals surface area contributed by atoms with Gasteiger partial charge in [0.25, 0.3) is 0 Å². The van der Waals surface area contributed by atoms with Gasteiger partial charge < -0.3 is 4.74 Å². The zero-order valence-electron chi connectivity index (χ0n) is 4.07. The summed E-state index contributed by atoms with van der Waals surface area (Å²) in [6, 6.07) is 0. The van der Waals surface area contributed by atoms with Crippen LogP contribution in [0.15, 0.2) is 4.99 Å². The number of nitrogens with zero attached hydrogens (tertiary/aromatic N) is 1. The van der Waals surface area contributed by atoms with Crippen LogP contribution >= 0.6 is 8.03 Å². The predicted octanol–water partition coefficient (Wildman–Crippen LogP) is 0.107. The fraction of sp³-hybridized carbons (Fsp3) is 0.667. The molecule has 0 aromatic rings. The first kappa shape index (κ1) is 5.66. The highest BCUT2D eigenvalue weighted by Gasteiger charge is 2.28. The lowest BCUT2D eigenvalue weighted by molar-refractivity contribution is 0.349. The van der Waals surface area contributed by atoms with Crippen molar-refractivity contribution in [3.8, 4) is 0 Å². The van der Waals surface area contributed by atoms with Crippen LogP contribution < -0.4 is 0 Å². The topological polar surface area (TPSA) is 58.9 Å². The summed E-state index contributed by atoms with van der Waals surface area (Å²) < 4.78 is 14.7. The van der Waals surface area contributed by atoms with Gasteiger partial charge in [-0.3, -0.25) is 0 Å². The molecule has 44 valence electrons. The summed E-state index contributed by atoms with van der Waals surface area (Å²) >= 11 is 0. The molecule has 0 saturated heterocycles. The van der Waals surface area contributed by atoms with Crippen LogP contribution in [0.4, 0.5) is 0 Å². The monoisotopic (exact) mass is 134 g/mol. The van der Waals surface area contributed by atoms with Gasteiger partial charge in [0, 0.05) is 0 Å². The van der Waals surface area contributed by atoms with E-state index in [0.717, 1.165) is 0 Å². The minimum absolute atomic E-state index is 0.0139. The van der Waals surface area contributed by atoms with E-state index >= 15 is 0 Å². The normalized spacial score (nSPS) is 19.6. The van der Waals surface area contributed by atoms with E-state index in [1.807, 2.05) is 0 Å². The Morgan fingerprint density at radius 1 is 1.88 bits per heavy atom. The van der Waals surface area contributed by atoms with Crippen LogP contribution in [0.2, 0.25) is 0 Å². The Labute approximate surface area is 47.1 Å². The van der Waals surface area contributed by atoms with Crippen LogP contribution in [0.1, 0.15) is 0 Å². The molecule has 1 heterocycles. The minimum atomic E-state index is -2.32. The lowest BCUT2D eigenvalue weighted by Gasteiger charge is -1.79. The molecular formula is C3H5NO3P+. The van der Waals surface area contributed by atoms with Crippen LogP contribution in [0, 0.1) is 0 Å². The summed E-state index contributed by atoms with van der Waals surface area (Å²) in [6.07, 6.45) is 0. The van der Waals surface area contributed by atoms with Gasteiger partial charge in [0.15, 0.2) is 0 Å². The molecule has 0 aromatic carbocycles. The van der Waals surface area contributed by atoms with Gasteiger partial charge in [0.2, 0.25) is 0 Å². The van der Waals surface area contributed by atoms with Crippen molar-refractivity contribution in [1.82, 2.24) is 0 Å². The quantitative estimate of drug-likeness (QED) is 0.517. The molecule has 1 aliphatic rings. The van der Waals surface area contributed by atoms with E-state index in [1.165, 1.54) is 0 Å². The Kier molecular flexibility index (Phi) is 1.56. The first-order chi connectivity index (χ1) is 3.80. The zero-order chi connectivity index (χ0) is 5.98. The van der Waals surface area contributed by atoms with E-state index in [1.54, 1.807) is 0 Å². The van der Waals surface area contributed by atoms with Gasteiger partial charge in [0.05, 0.1) is 6.54 Å². The molecule has 1 atom stereocenters. The second-order valence-electron chi connectivity index (χ2n) is 1.29. The standard InChI is InChI=1S/C3H4NO3P/c5-8(6)3-4-1-2-7-3/h1-2H2/p+1. The SMILES string of the molecule is O=[P+](O)C1=NCCO1. The predicted molar refractivity (Wildman–Crippen MR) is 28.1 cm³/mol. The average molecular weight is 134 g/mol. The summed E-state index contributed by atoms with van der Waals surface area (Å²) in [7, 11) is -2.32. The molecule has 4 nitrogen and oxygen atoms in total. The lowest BCUT2D eigenvalue weighted by atomic mass is 10.8. The fourth-order valence-electron chi connectivity index (χ4n) is 0.440. The van der Waals surface area contributed by atoms with E-state index in [-0.39, 0.29) is 5.64 Å². The van der Waals surface area contributed by atoms with Gasteiger partial charge >= 0.3 is 13.7 Å². The van der Waals surface area contributed by atoms with Crippen molar-refractivity contribution in [2.75, 3.05) is 13.2 Å². The third-order valence-corrected chi connectivity index (χ3v) is 1.33. The van der Waals surface area contributed by atoms with E-state index in [2.05, 4.69) is 9.73 Å². The maximum atomic E-state index is 10.1. The van der Waals surface area contributed by atoms with Crippen molar-refractivity contribution >= 4 is 13.7 Å². The Morgan fingerprint density at radius 3 is 2.88 bits per heavy atom. The van der Waals surface area contributed by atoms with Crippen LogP contribution in [0.25, 0.3) is 0 Å². The third-order valence-electron chi connectivity index (χ3n) is 0.733. The molecule has 0 aliphatic carbocycles. The Bertz CT molecular complexity index is 143. The molecule has 0 aromatic heterocycles. The molecule has 1 N–H and O–H groups in total. The molecule has 8 heavy (non-hydrogen) atoms. The highest BCUT2D eigenvalue weighted by atomic mass is 31.1. The van der Waals surface area contributed by atoms with E-state index in [4.69, 9.17) is 4.89 Å². The Hall–Kier alpha value is -0.470. The number of ether oxygens (including phenoxy) is 1. The second-order valence-corrected chi connectivity index (χ2v) is 2.21. The summed E-state index contributed by atoms with van der Waals surface area (Å²) in [6.45, 7) is 0.952. The van der Waals surface area contributed by atoms with Gasteiger partial charge in [-0.1, -0.05) is 0 Å². The third kappa shape index (κ3) is 1.02. The van der Waals surface area contributed by atoms with Crippen LogP contribution in [-0.4, -0.2) is 23.7 Å². The molecule has 1 unspecified atom stereocenters. The van der Waals surface area contributed by atoms with Crippen LogP contribution in [0.5, 0.6) is 0 Å². The summed E-state index contributed by atoms with van der Waals surface area (Å²) in [5.41, 5.74) is -0.0139. The van der Waals surface area contributed by atoms with Crippen molar-refractivity contribution in [3.05, 3.63) is 0 Å². The Balaban J connectivity index is 2.57. The van der Waals surface area contributed by atoms with Crippen molar-refractivity contribution in [3.63, 3.8) is 0 Å². The molecule has 0 fully saturated rings. The summed E-state index contributed by atoms with van der Waals surface area (Å²) in [5, 5.41) is 0. The van der Waals surface area contributed by atoms with E-state index in [0.29, 0.717) is 13.2 Å². The molecule has 1 aliphatic heterocycles. The molecule has 5 heteroatoms. The molecular weight excluding hydrogens is 129 g/mol. The Morgan fingerprint density at radius 2 is 2.62 bits per heavy atom. The number of hydrogen-bond donors (Lipinski definition) is 1. The van der Waals surface area contributed by atoms with Crippen molar-refractivity contribution in [2.24, 2.45) is 4.99 Å². The van der Waals surface area contributed by atoms with E-state index in [9.17, 15) is 4.57 Å². The molecule has 0 spiro atoms. The number of hydrogen-bond acceptors (Lipinski definition) is 3. The summed E-state index contributed by atoms with van der Waals surface area (Å²) in [5.74, 6) is 0. The van der Waals surface area contributed by atoms with Gasteiger partial charge in [-0.15, -0.1) is 0 Å². The van der Waals surface area contributed by atoms with Gasteiger partial charge in [-0.2, -0.15) is 4.89 Å². The average Bonchev–Trinajstić information content (AvgIpc) is 2.12. The fourth-order valence-corrected chi connectivity index (χ4v) is 0.862. The molecule has 1 rings (SSSR count). The smallest absolute Gasteiger partial charge is 0.440 e.